The van der Waals surface area contributed by atoms with Gasteiger partial charge in [-0.25, -0.2) is 0 Å². The molecule has 1 aliphatic rings. The number of rotatable bonds is 7. The molecule has 0 fully saturated rings. The van der Waals surface area contributed by atoms with E-state index in [1.807, 2.05) is 12.1 Å². The summed E-state index contributed by atoms with van der Waals surface area (Å²) in [5.74, 6) is 0. The second kappa shape index (κ2) is 14.1. The molecular weight excluding hydrogens is 739 g/mol. The van der Waals surface area contributed by atoms with Crippen LogP contribution in [0.4, 0.5) is 17.1 Å². The van der Waals surface area contributed by atoms with Crippen molar-refractivity contribution in [2.45, 2.75) is 5.41 Å². The van der Waals surface area contributed by atoms with E-state index in [1.165, 1.54) is 55.3 Å². The summed E-state index contributed by atoms with van der Waals surface area (Å²) in [6, 6.07) is 86.1. The summed E-state index contributed by atoms with van der Waals surface area (Å²) < 4.78 is 6.46. The molecule has 0 amide bonds. The fourth-order valence-electron chi connectivity index (χ4n) is 10.1. The van der Waals surface area contributed by atoms with Gasteiger partial charge in [0.25, 0.3) is 0 Å². The lowest BCUT2D eigenvalue weighted by molar-refractivity contribution is 0.669. The van der Waals surface area contributed by atoms with E-state index in [1.54, 1.807) is 0 Å². The highest BCUT2D eigenvalue weighted by Gasteiger charge is 2.47. The average Bonchev–Trinajstić information content (AvgIpc) is 3.86. The first-order chi connectivity index (χ1) is 30.3. The zero-order valence-corrected chi connectivity index (χ0v) is 33.4. The molecule has 0 unspecified atom stereocenters. The Kier molecular flexibility index (Phi) is 8.11. The van der Waals surface area contributed by atoms with Gasteiger partial charge in [-0.3, -0.25) is 0 Å². The van der Waals surface area contributed by atoms with Crippen molar-refractivity contribution in [2.75, 3.05) is 4.90 Å². The molecule has 2 nitrogen and oxygen atoms in total. The third-order valence-corrected chi connectivity index (χ3v) is 12.8. The Balaban J connectivity index is 1.12. The Labute approximate surface area is 355 Å². The van der Waals surface area contributed by atoms with Gasteiger partial charge in [-0.15, -0.1) is 0 Å². The Morgan fingerprint density at radius 3 is 1.70 bits per heavy atom. The second-order valence-corrected chi connectivity index (χ2v) is 16.0. The van der Waals surface area contributed by atoms with Crippen molar-refractivity contribution in [3.8, 4) is 33.4 Å². The first-order valence-electron chi connectivity index (χ1n) is 21.0. The number of hydrogen-bond donors (Lipinski definition) is 0. The minimum atomic E-state index is -0.528. The van der Waals surface area contributed by atoms with Gasteiger partial charge < -0.3 is 9.32 Å². The van der Waals surface area contributed by atoms with Crippen molar-refractivity contribution >= 4 is 49.8 Å². The third-order valence-electron chi connectivity index (χ3n) is 12.8. The van der Waals surface area contributed by atoms with E-state index < -0.39 is 5.41 Å². The zero-order valence-electron chi connectivity index (χ0n) is 33.4. The molecule has 0 radical (unpaired) electrons. The molecule has 11 aromatic rings. The minimum Gasteiger partial charge on any atom is -0.456 e. The van der Waals surface area contributed by atoms with Crippen molar-refractivity contribution in [1.82, 2.24) is 0 Å². The average molecular weight is 778 g/mol. The van der Waals surface area contributed by atoms with Crippen molar-refractivity contribution in [3.05, 3.63) is 259 Å². The van der Waals surface area contributed by atoms with Crippen molar-refractivity contribution in [2.24, 2.45) is 0 Å². The molecule has 2 heteroatoms. The first kappa shape index (κ1) is 35.0. The Bertz CT molecular complexity index is 3370. The summed E-state index contributed by atoms with van der Waals surface area (Å²) in [5, 5.41) is 4.73. The van der Waals surface area contributed by atoms with Gasteiger partial charge >= 0.3 is 0 Å². The Morgan fingerprint density at radius 1 is 0.344 bits per heavy atom. The van der Waals surface area contributed by atoms with Gasteiger partial charge in [0.2, 0.25) is 0 Å². The van der Waals surface area contributed by atoms with Gasteiger partial charge in [-0.05, 0) is 97.7 Å². The maximum absolute atomic E-state index is 6.46. The maximum Gasteiger partial charge on any atom is 0.136 e. The predicted octanol–water partition coefficient (Wildman–Crippen LogP) is 15.9. The molecule has 286 valence electrons. The highest BCUT2D eigenvalue weighted by Crippen LogP contribution is 2.60. The Hall–Kier alpha value is -7.94. The van der Waals surface area contributed by atoms with Gasteiger partial charge in [-0.1, -0.05) is 194 Å². The van der Waals surface area contributed by atoms with E-state index in [0.29, 0.717) is 0 Å². The van der Waals surface area contributed by atoms with Crippen molar-refractivity contribution in [3.63, 3.8) is 0 Å². The molecule has 0 N–H and O–H groups in total. The van der Waals surface area contributed by atoms with E-state index in [9.17, 15) is 0 Å². The van der Waals surface area contributed by atoms with Crippen LogP contribution >= 0.6 is 0 Å². The highest BCUT2D eigenvalue weighted by molar-refractivity contribution is 6.07. The third kappa shape index (κ3) is 5.43. The number of furan rings is 1. The predicted molar refractivity (Wildman–Crippen MR) is 254 cm³/mol. The molecule has 0 saturated carbocycles. The van der Waals surface area contributed by atoms with Crippen LogP contribution < -0.4 is 4.90 Å². The van der Waals surface area contributed by atoms with Crippen LogP contribution in [0.15, 0.2) is 241 Å². The summed E-state index contributed by atoms with van der Waals surface area (Å²) in [5.41, 5.74) is 16.6. The van der Waals surface area contributed by atoms with Gasteiger partial charge in [-0.2, -0.15) is 0 Å². The molecule has 1 heterocycles. The molecule has 10 aromatic carbocycles. The highest BCUT2D eigenvalue weighted by atomic mass is 16.3. The van der Waals surface area contributed by atoms with Crippen LogP contribution in [-0.2, 0) is 5.41 Å². The van der Waals surface area contributed by atoms with Crippen LogP contribution in [0.5, 0.6) is 0 Å². The van der Waals surface area contributed by atoms with E-state index in [4.69, 9.17) is 4.42 Å². The van der Waals surface area contributed by atoms with E-state index in [-0.39, 0.29) is 0 Å². The molecule has 0 saturated heterocycles. The number of anilines is 3. The summed E-state index contributed by atoms with van der Waals surface area (Å²) in [6.07, 6.45) is 0. The van der Waals surface area contributed by atoms with Crippen LogP contribution in [0.1, 0.15) is 22.3 Å². The summed E-state index contributed by atoms with van der Waals surface area (Å²) in [7, 11) is 0. The lowest BCUT2D eigenvalue weighted by Gasteiger charge is -2.34. The lowest BCUT2D eigenvalue weighted by Crippen LogP contribution is -2.28. The molecule has 0 spiro atoms. The number of fused-ring (bicyclic) bond motifs is 7. The van der Waals surface area contributed by atoms with Gasteiger partial charge in [0.15, 0.2) is 0 Å². The molecule has 1 aromatic heterocycles. The Morgan fingerprint density at radius 2 is 0.902 bits per heavy atom. The molecule has 61 heavy (non-hydrogen) atoms. The van der Waals surface area contributed by atoms with Crippen molar-refractivity contribution in [1.29, 1.82) is 0 Å². The van der Waals surface area contributed by atoms with Crippen LogP contribution in [-0.4, -0.2) is 0 Å². The van der Waals surface area contributed by atoms with Gasteiger partial charge in [0, 0.05) is 27.6 Å². The zero-order chi connectivity index (χ0) is 40.3. The van der Waals surface area contributed by atoms with E-state index in [0.717, 1.165) is 50.1 Å². The summed E-state index contributed by atoms with van der Waals surface area (Å²) in [4.78, 5) is 2.48. The summed E-state index contributed by atoms with van der Waals surface area (Å²) >= 11 is 0. The van der Waals surface area contributed by atoms with Crippen LogP contribution in [0, 0.1) is 0 Å². The molecule has 0 atom stereocenters. The molecule has 1 aliphatic carbocycles. The monoisotopic (exact) mass is 777 g/mol. The minimum absolute atomic E-state index is 0.528. The van der Waals surface area contributed by atoms with Crippen LogP contribution in [0.2, 0.25) is 0 Å². The second-order valence-electron chi connectivity index (χ2n) is 16.0. The molecular formula is C59H39NO. The molecule has 0 aliphatic heterocycles. The molecule has 0 bridgehead atoms. The maximum atomic E-state index is 6.46. The van der Waals surface area contributed by atoms with E-state index >= 15 is 0 Å². The summed E-state index contributed by atoms with van der Waals surface area (Å²) in [6.45, 7) is 0. The van der Waals surface area contributed by atoms with Gasteiger partial charge in [0.05, 0.1) is 16.8 Å². The van der Waals surface area contributed by atoms with Crippen LogP contribution in [0.3, 0.4) is 0 Å². The lowest BCUT2D eigenvalue weighted by atomic mass is 9.68. The normalized spacial score (nSPS) is 12.7. The smallest absolute Gasteiger partial charge is 0.136 e. The quantitative estimate of drug-likeness (QED) is 0.160. The first-order valence-corrected chi connectivity index (χ1v) is 21.0. The standard InChI is InChI=1S/C59H39NO/c1-3-19-43(20-4-1)59(44-21-5-2-6-22-44)52-28-12-9-26-51(52)58-53(59)29-16-31-55(58)60(45-36-33-41(34-37-45)47-27-15-18-40-17-7-8-23-46(40)47)54-30-13-10-24-48(54)42-35-38-50-49-25-11-14-32-56(49)61-57(50)39-42/h1-39H. The number of hydrogen-bond acceptors (Lipinski definition) is 2. The van der Waals surface area contributed by atoms with E-state index in [2.05, 4.69) is 229 Å². The fraction of sp³-hybridized carbons (Fsp3) is 0.0169. The molecule has 12 rings (SSSR count). The van der Waals surface area contributed by atoms with Crippen LogP contribution in [0.25, 0.3) is 66.1 Å². The van der Waals surface area contributed by atoms with Gasteiger partial charge in [0.1, 0.15) is 11.2 Å². The number of nitrogens with zero attached hydrogens (tertiary/aromatic N) is 1. The van der Waals surface area contributed by atoms with Crippen molar-refractivity contribution < 1.29 is 4.42 Å². The SMILES string of the molecule is c1ccc(C2(c3ccccc3)c3ccccc3-c3c(N(c4ccc(-c5cccc6ccccc56)cc4)c4ccccc4-c4ccc5c(c4)oc4ccccc45)cccc32)cc1. The number of para-hydroxylation sites is 2. The number of benzene rings is 10. The topological polar surface area (TPSA) is 16.4 Å². The largest absolute Gasteiger partial charge is 0.456 e. The fourth-order valence-corrected chi connectivity index (χ4v) is 10.1.